The van der Waals surface area contributed by atoms with Crippen LogP contribution in [0.25, 0.3) is 0 Å². The van der Waals surface area contributed by atoms with Crippen molar-refractivity contribution < 1.29 is 19.4 Å². The highest BCUT2D eigenvalue weighted by molar-refractivity contribution is 5.81. The van der Waals surface area contributed by atoms with E-state index in [2.05, 4.69) is 0 Å². The van der Waals surface area contributed by atoms with Gasteiger partial charge in [-0.2, -0.15) is 0 Å². The lowest BCUT2D eigenvalue weighted by Gasteiger charge is -2.27. The highest BCUT2D eigenvalue weighted by Crippen LogP contribution is 2.13. The molecule has 0 aliphatic heterocycles. The fourth-order valence-electron chi connectivity index (χ4n) is 0.789. The number of ether oxygens (including phenoxy) is 1. The van der Waals surface area contributed by atoms with Crippen LogP contribution in [0.5, 0.6) is 0 Å². The Balaban J connectivity index is 4.32. The molecule has 6 nitrogen and oxygen atoms in total. The molecule has 0 spiro atoms. The first-order chi connectivity index (χ1) is 6.54. The summed E-state index contributed by atoms with van der Waals surface area (Å²) in [7, 11) is 0. The number of carboxylic acid groups (broad SMARTS) is 1. The summed E-state index contributed by atoms with van der Waals surface area (Å²) >= 11 is 0. The van der Waals surface area contributed by atoms with Gasteiger partial charge in [0.15, 0.2) is 5.66 Å². The van der Waals surface area contributed by atoms with Crippen LogP contribution < -0.4 is 11.5 Å². The molecule has 0 saturated heterocycles. The zero-order chi connectivity index (χ0) is 12.3. The van der Waals surface area contributed by atoms with E-state index in [-0.39, 0.29) is 12.8 Å². The zero-order valence-corrected chi connectivity index (χ0v) is 9.24. The van der Waals surface area contributed by atoms with Gasteiger partial charge in [-0.15, -0.1) is 0 Å². The summed E-state index contributed by atoms with van der Waals surface area (Å²) in [5, 5.41) is 8.43. The Bertz CT molecular complexity index is 255. The number of carbonyl (C=O) groups excluding carboxylic acids is 1. The molecule has 0 fully saturated rings. The third kappa shape index (κ3) is 6.03. The molecule has 0 aromatic rings. The standard InChI is InChI=1S/C9H18N2O4/c1-8(2,3)15-7(14)9(10,11)5-4-6(12)13/h4-5,10-11H2,1-3H3,(H,12,13). The number of nitrogens with two attached hydrogens (primary N) is 2. The van der Waals surface area contributed by atoms with Gasteiger partial charge in [-0.1, -0.05) is 0 Å². The first kappa shape index (κ1) is 13.9. The molecule has 0 aliphatic carbocycles. The SMILES string of the molecule is CC(C)(C)OC(=O)C(N)(N)CCC(=O)O. The van der Waals surface area contributed by atoms with Gasteiger partial charge >= 0.3 is 11.9 Å². The topological polar surface area (TPSA) is 116 Å². The predicted molar refractivity (Wildman–Crippen MR) is 53.8 cm³/mol. The first-order valence-electron chi connectivity index (χ1n) is 4.57. The molecule has 88 valence electrons. The van der Waals surface area contributed by atoms with Crippen LogP contribution in [0.4, 0.5) is 0 Å². The maximum atomic E-state index is 11.4. The third-order valence-electron chi connectivity index (χ3n) is 1.53. The number of esters is 1. The average molecular weight is 218 g/mol. The number of carbonyl (C=O) groups is 2. The van der Waals surface area contributed by atoms with E-state index in [0.29, 0.717) is 0 Å². The Morgan fingerprint density at radius 3 is 2.07 bits per heavy atom. The van der Waals surface area contributed by atoms with Crippen LogP contribution in [-0.2, 0) is 14.3 Å². The van der Waals surface area contributed by atoms with E-state index in [1.165, 1.54) is 0 Å². The van der Waals surface area contributed by atoms with Crippen LogP contribution in [0, 0.1) is 0 Å². The molecule has 0 rings (SSSR count). The smallest absolute Gasteiger partial charge is 0.341 e. The van der Waals surface area contributed by atoms with E-state index in [1.807, 2.05) is 0 Å². The molecule has 0 radical (unpaired) electrons. The molecule has 0 heterocycles. The van der Waals surface area contributed by atoms with Crippen LogP contribution in [0.1, 0.15) is 33.6 Å². The summed E-state index contributed by atoms with van der Waals surface area (Å²) in [6, 6.07) is 0. The van der Waals surface area contributed by atoms with Gasteiger partial charge in [0.25, 0.3) is 0 Å². The molecule has 6 heteroatoms. The van der Waals surface area contributed by atoms with Crippen LogP contribution >= 0.6 is 0 Å². The Labute approximate surface area is 88.6 Å². The van der Waals surface area contributed by atoms with Crippen LogP contribution in [0.15, 0.2) is 0 Å². The second-order valence-corrected chi connectivity index (χ2v) is 4.44. The number of hydrogen-bond acceptors (Lipinski definition) is 5. The molecule has 0 aromatic carbocycles. The molecule has 0 amide bonds. The normalized spacial score (nSPS) is 12.3. The van der Waals surface area contributed by atoms with E-state index in [4.69, 9.17) is 21.3 Å². The van der Waals surface area contributed by atoms with Crippen molar-refractivity contribution in [3.8, 4) is 0 Å². The lowest BCUT2D eigenvalue weighted by atomic mass is 10.1. The highest BCUT2D eigenvalue weighted by Gasteiger charge is 2.34. The van der Waals surface area contributed by atoms with Crippen molar-refractivity contribution in [3.63, 3.8) is 0 Å². The van der Waals surface area contributed by atoms with Gasteiger partial charge in [0.1, 0.15) is 5.60 Å². The van der Waals surface area contributed by atoms with Crippen molar-refractivity contribution in [3.05, 3.63) is 0 Å². The second kappa shape index (κ2) is 4.59. The fourth-order valence-corrected chi connectivity index (χ4v) is 0.789. The van der Waals surface area contributed by atoms with Crippen molar-refractivity contribution in [1.29, 1.82) is 0 Å². The lowest BCUT2D eigenvalue weighted by Crippen LogP contribution is -2.58. The predicted octanol–water partition coefficient (Wildman–Crippen LogP) is -0.193. The van der Waals surface area contributed by atoms with Crippen molar-refractivity contribution in [2.45, 2.75) is 44.9 Å². The minimum atomic E-state index is -1.74. The van der Waals surface area contributed by atoms with Crippen molar-refractivity contribution in [2.24, 2.45) is 11.5 Å². The van der Waals surface area contributed by atoms with Crippen LogP contribution in [0.2, 0.25) is 0 Å². The minimum absolute atomic E-state index is 0.156. The summed E-state index contributed by atoms with van der Waals surface area (Å²) in [5.41, 5.74) is 8.48. The molecule has 0 aliphatic rings. The van der Waals surface area contributed by atoms with E-state index >= 15 is 0 Å². The summed E-state index contributed by atoms with van der Waals surface area (Å²) in [5.74, 6) is -1.85. The maximum absolute atomic E-state index is 11.4. The summed E-state index contributed by atoms with van der Waals surface area (Å²) in [4.78, 5) is 21.7. The van der Waals surface area contributed by atoms with Gasteiger partial charge in [-0.3, -0.25) is 4.79 Å². The van der Waals surface area contributed by atoms with Crippen LogP contribution in [-0.4, -0.2) is 28.3 Å². The first-order valence-corrected chi connectivity index (χ1v) is 4.57. The zero-order valence-electron chi connectivity index (χ0n) is 9.24. The number of hydrogen-bond donors (Lipinski definition) is 3. The number of aliphatic carboxylic acids is 1. The van der Waals surface area contributed by atoms with Gasteiger partial charge in [0.05, 0.1) is 0 Å². The maximum Gasteiger partial charge on any atom is 0.341 e. The quantitative estimate of drug-likeness (QED) is 0.445. The fraction of sp³-hybridized carbons (Fsp3) is 0.778. The Hall–Kier alpha value is -1.14. The van der Waals surface area contributed by atoms with E-state index in [1.54, 1.807) is 20.8 Å². The van der Waals surface area contributed by atoms with Gasteiger partial charge in [0.2, 0.25) is 0 Å². The molecule has 0 bridgehead atoms. The Morgan fingerprint density at radius 2 is 1.73 bits per heavy atom. The molecular weight excluding hydrogens is 200 g/mol. The molecule has 15 heavy (non-hydrogen) atoms. The molecular formula is C9H18N2O4. The summed E-state index contributed by atoms with van der Waals surface area (Å²) < 4.78 is 4.95. The third-order valence-corrected chi connectivity index (χ3v) is 1.53. The van der Waals surface area contributed by atoms with Crippen LogP contribution in [0.3, 0.4) is 0 Å². The van der Waals surface area contributed by atoms with Gasteiger partial charge in [-0.05, 0) is 27.2 Å². The minimum Gasteiger partial charge on any atom is -0.481 e. The van der Waals surface area contributed by atoms with Gasteiger partial charge < -0.3 is 21.3 Å². The van der Waals surface area contributed by atoms with E-state index in [0.717, 1.165) is 0 Å². The summed E-state index contributed by atoms with van der Waals surface area (Å²) in [6.07, 6.45) is -0.427. The molecule has 0 saturated carbocycles. The molecule has 0 aromatic heterocycles. The average Bonchev–Trinajstić information content (AvgIpc) is 1.97. The van der Waals surface area contributed by atoms with Gasteiger partial charge in [-0.25, -0.2) is 4.79 Å². The monoisotopic (exact) mass is 218 g/mol. The lowest BCUT2D eigenvalue weighted by molar-refractivity contribution is -0.162. The van der Waals surface area contributed by atoms with Gasteiger partial charge in [0, 0.05) is 6.42 Å². The number of carboxylic acids is 1. The molecule has 0 atom stereocenters. The second-order valence-electron chi connectivity index (χ2n) is 4.44. The van der Waals surface area contributed by atoms with Crippen molar-refractivity contribution in [2.75, 3.05) is 0 Å². The van der Waals surface area contributed by atoms with Crippen molar-refractivity contribution in [1.82, 2.24) is 0 Å². The molecule has 5 N–H and O–H groups in total. The molecule has 0 unspecified atom stereocenters. The van der Waals surface area contributed by atoms with E-state index < -0.39 is 23.2 Å². The Kier molecular flexibility index (Phi) is 4.24. The van der Waals surface area contributed by atoms with Crippen molar-refractivity contribution >= 4 is 11.9 Å². The highest BCUT2D eigenvalue weighted by atomic mass is 16.6. The summed E-state index contributed by atoms with van der Waals surface area (Å²) in [6.45, 7) is 5.04. The Morgan fingerprint density at radius 1 is 1.27 bits per heavy atom. The largest absolute Gasteiger partial charge is 0.481 e. The number of rotatable bonds is 4. The van der Waals surface area contributed by atoms with E-state index in [9.17, 15) is 9.59 Å².